The van der Waals surface area contributed by atoms with E-state index in [1.54, 1.807) is 12.3 Å². The van der Waals surface area contributed by atoms with Gasteiger partial charge >= 0.3 is 0 Å². The van der Waals surface area contributed by atoms with Gasteiger partial charge in [-0.15, -0.1) is 0 Å². The molecule has 2 heterocycles. The Morgan fingerprint density at radius 2 is 2.44 bits per heavy atom. The highest BCUT2D eigenvalue weighted by Crippen LogP contribution is 2.15. The zero-order chi connectivity index (χ0) is 13.0. The van der Waals surface area contributed by atoms with E-state index >= 15 is 0 Å². The molecule has 18 heavy (non-hydrogen) atoms. The van der Waals surface area contributed by atoms with Crippen LogP contribution in [0.5, 0.6) is 0 Å². The summed E-state index contributed by atoms with van der Waals surface area (Å²) in [5, 5.41) is 11.0. The van der Waals surface area contributed by atoms with Crippen molar-refractivity contribution in [1.29, 1.82) is 0 Å². The molecule has 0 spiro atoms. The van der Waals surface area contributed by atoms with Crippen molar-refractivity contribution in [2.45, 2.75) is 6.54 Å². The van der Waals surface area contributed by atoms with Gasteiger partial charge in [0.25, 0.3) is 6.20 Å². The molecule has 0 amide bonds. The van der Waals surface area contributed by atoms with Crippen LogP contribution in [0, 0.1) is 10.1 Å². The third kappa shape index (κ3) is 3.41. The second-order valence-corrected chi connectivity index (χ2v) is 4.26. The van der Waals surface area contributed by atoms with Crippen LogP contribution < -0.4 is 0 Å². The number of hydrogen-bond acceptors (Lipinski definition) is 5. The number of morpholine rings is 1. The average Bonchev–Trinajstić information content (AvgIpc) is 2.34. The van der Waals surface area contributed by atoms with Crippen molar-refractivity contribution in [3.8, 4) is 0 Å². The van der Waals surface area contributed by atoms with Gasteiger partial charge in [0.2, 0.25) is 0 Å². The lowest BCUT2D eigenvalue weighted by molar-refractivity contribution is -0.405. The predicted octanol–water partition coefficient (Wildman–Crippen LogP) is 1.69. The van der Waals surface area contributed by atoms with Crippen molar-refractivity contribution in [2.75, 3.05) is 19.8 Å². The van der Waals surface area contributed by atoms with Gasteiger partial charge in [0.1, 0.15) is 10.9 Å². The zero-order valence-electron chi connectivity index (χ0n) is 9.58. The molecule has 0 bridgehead atoms. The Balaban J connectivity index is 2.10. The maximum absolute atomic E-state index is 10.5. The molecular formula is C11H12ClN3O3. The highest BCUT2D eigenvalue weighted by molar-refractivity contribution is 6.29. The van der Waals surface area contributed by atoms with Crippen molar-refractivity contribution in [3.63, 3.8) is 0 Å². The molecule has 1 saturated heterocycles. The summed E-state index contributed by atoms with van der Waals surface area (Å²) < 4.78 is 5.22. The maximum atomic E-state index is 10.5. The lowest BCUT2D eigenvalue weighted by Gasteiger charge is -2.29. The highest BCUT2D eigenvalue weighted by atomic mass is 35.5. The molecule has 7 heteroatoms. The van der Waals surface area contributed by atoms with Crippen molar-refractivity contribution in [1.82, 2.24) is 9.88 Å². The standard InChI is InChI=1S/C11H12ClN3O3/c12-11-2-1-9(5-13-11)6-14-3-4-18-8-10(14)7-15(16)17/h1-2,5,7H,3-4,6,8H2/b10-7-. The zero-order valence-corrected chi connectivity index (χ0v) is 10.3. The smallest absolute Gasteiger partial charge is 0.255 e. The summed E-state index contributed by atoms with van der Waals surface area (Å²) in [5.41, 5.74) is 1.52. The van der Waals surface area contributed by atoms with Gasteiger partial charge in [-0.3, -0.25) is 10.1 Å². The fourth-order valence-electron chi connectivity index (χ4n) is 1.73. The van der Waals surface area contributed by atoms with E-state index in [0.717, 1.165) is 11.8 Å². The topological polar surface area (TPSA) is 68.5 Å². The molecule has 0 saturated carbocycles. The molecule has 2 rings (SSSR count). The molecule has 1 aromatic rings. The molecule has 0 aliphatic carbocycles. The third-order valence-electron chi connectivity index (χ3n) is 2.58. The summed E-state index contributed by atoms with van der Waals surface area (Å²) in [5.74, 6) is 0. The molecule has 96 valence electrons. The monoisotopic (exact) mass is 269 g/mol. The molecule has 1 aliphatic rings. The molecule has 1 aromatic heterocycles. The Bertz CT molecular complexity index is 461. The van der Waals surface area contributed by atoms with Crippen LogP contribution in [-0.2, 0) is 11.3 Å². The molecule has 0 radical (unpaired) electrons. The number of halogens is 1. The Kier molecular flexibility index (Phi) is 4.11. The van der Waals surface area contributed by atoms with E-state index in [-0.39, 0.29) is 6.61 Å². The largest absolute Gasteiger partial charge is 0.373 e. The van der Waals surface area contributed by atoms with Crippen molar-refractivity contribution in [3.05, 3.63) is 51.1 Å². The average molecular weight is 270 g/mol. The summed E-state index contributed by atoms with van der Waals surface area (Å²) in [6, 6.07) is 3.56. The SMILES string of the molecule is O=[N+]([O-])/C=C1/COCCN1Cc1ccc(Cl)nc1. The summed E-state index contributed by atoms with van der Waals surface area (Å²) in [6.45, 7) is 2.02. The highest BCUT2D eigenvalue weighted by Gasteiger charge is 2.18. The first kappa shape index (κ1) is 12.8. The van der Waals surface area contributed by atoms with Gasteiger partial charge in [-0.05, 0) is 11.6 Å². The minimum absolute atomic E-state index is 0.266. The fourth-order valence-corrected chi connectivity index (χ4v) is 1.84. The van der Waals surface area contributed by atoms with Crippen LogP contribution in [0.1, 0.15) is 5.56 Å². The van der Waals surface area contributed by atoms with E-state index in [4.69, 9.17) is 16.3 Å². The Morgan fingerprint density at radius 3 is 3.11 bits per heavy atom. The molecule has 0 aromatic carbocycles. The number of rotatable bonds is 3. The summed E-state index contributed by atoms with van der Waals surface area (Å²) in [7, 11) is 0. The minimum Gasteiger partial charge on any atom is -0.373 e. The predicted molar refractivity (Wildman–Crippen MR) is 65.6 cm³/mol. The molecule has 6 nitrogen and oxygen atoms in total. The fraction of sp³-hybridized carbons (Fsp3) is 0.364. The van der Waals surface area contributed by atoms with Crippen LogP contribution in [0.2, 0.25) is 5.15 Å². The van der Waals surface area contributed by atoms with E-state index < -0.39 is 4.92 Å². The first-order chi connectivity index (χ1) is 8.65. The van der Waals surface area contributed by atoms with Crippen LogP contribution in [0.25, 0.3) is 0 Å². The number of ether oxygens (including phenoxy) is 1. The van der Waals surface area contributed by atoms with Crippen molar-refractivity contribution < 1.29 is 9.66 Å². The van der Waals surface area contributed by atoms with Crippen LogP contribution in [0.3, 0.4) is 0 Å². The van der Waals surface area contributed by atoms with Gasteiger partial charge < -0.3 is 9.64 Å². The number of pyridine rings is 1. The van der Waals surface area contributed by atoms with Gasteiger partial charge in [-0.2, -0.15) is 0 Å². The van der Waals surface area contributed by atoms with Crippen molar-refractivity contribution in [2.24, 2.45) is 0 Å². The second-order valence-electron chi connectivity index (χ2n) is 3.87. The Morgan fingerprint density at radius 1 is 1.61 bits per heavy atom. The van der Waals surface area contributed by atoms with Gasteiger partial charge in [0.15, 0.2) is 0 Å². The Hall–Kier alpha value is -1.66. The number of nitro groups is 1. The maximum Gasteiger partial charge on any atom is 0.255 e. The summed E-state index contributed by atoms with van der Waals surface area (Å²) >= 11 is 5.71. The molecule has 0 atom stereocenters. The van der Waals surface area contributed by atoms with E-state index in [9.17, 15) is 10.1 Å². The van der Waals surface area contributed by atoms with E-state index in [1.807, 2.05) is 11.0 Å². The number of nitrogens with zero attached hydrogens (tertiary/aromatic N) is 3. The molecule has 0 unspecified atom stereocenters. The summed E-state index contributed by atoms with van der Waals surface area (Å²) in [6.07, 6.45) is 2.66. The lowest BCUT2D eigenvalue weighted by atomic mass is 10.2. The van der Waals surface area contributed by atoms with Crippen LogP contribution in [0.15, 0.2) is 30.2 Å². The van der Waals surface area contributed by atoms with Gasteiger partial charge in [0.05, 0.1) is 18.1 Å². The lowest BCUT2D eigenvalue weighted by Crippen LogP contribution is -2.34. The normalized spacial score (nSPS) is 18.1. The van der Waals surface area contributed by atoms with Crippen LogP contribution >= 0.6 is 11.6 Å². The third-order valence-corrected chi connectivity index (χ3v) is 2.80. The first-order valence-corrected chi connectivity index (χ1v) is 5.80. The number of hydrogen-bond donors (Lipinski definition) is 0. The summed E-state index contributed by atoms with van der Waals surface area (Å²) in [4.78, 5) is 16.0. The second kappa shape index (κ2) is 5.79. The van der Waals surface area contributed by atoms with E-state index in [1.165, 1.54) is 0 Å². The van der Waals surface area contributed by atoms with Crippen molar-refractivity contribution >= 4 is 11.6 Å². The van der Waals surface area contributed by atoms with Crippen LogP contribution in [0.4, 0.5) is 0 Å². The number of aromatic nitrogens is 1. The first-order valence-electron chi connectivity index (χ1n) is 5.42. The molecule has 1 aliphatic heterocycles. The van der Waals surface area contributed by atoms with E-state index in [2.05, 4.69) is 4.98 Å². The molecular weight excluding hydrogens is 258 g/mol. The van der Waals surface area contributed by atoms with Crippen LogP contribution in [-0.4, -0.2) is 34.6 Å². The van der Waals surface area contributed by atoms with Gasteiger partial charge in [-0.1, -0.05) is 17.7 Å². The minimum atomic E-state index is -0.461. The van der Waals surface area contributed by atoms with E-state index in [0.29, 0.717) is 30.5 Å². The molecule has 1 fully saturated rings. The quantitative estimate of drug-likeness (QED) is 0.474. The molecule has 0 N–H and O–H groups in total. The van der Waals surface area contributed by atoms with Gasteiger partial charge in [0, 0.05) is 19.3 Å². The Labute approximate surface area is 109 Å². The van der Waals surface area contributed by atoms with Gasteiger partial charge in [-0.25, -0.2) is 4.98 Å².